The molecule has 0 unspecified atom stereocenters. The molecule has 24 heavy (non-hydrogen) atoms. The summed E-state index contributed by atoms with van der Waals surface area (Å²) in [7, 11) is 0. The maximum atomic E-state index is 11.9. The van der Waals surface area contributed by atoms with Gasteiger partial charge in [-0.2, -0.15) is 0 Å². The summed E-state index contributed by atoms with van der Waals surface area (Å²) in [6.45, 7) is 0. The van der Waals surface area contributed by atoms with Gasteiger partial charge in [-0.25, -0.2) is 0 Å². The van der Waals surface area contributed by atoms with Crippen molar-refractivity contribution in [2.75, 3.05) is 0 Å². The van der Waals surface area contributed by atoms with Gasteiger partial charge in [0.05, 0.1) is 9.95 Å². The monoisotopic (exact) mass is 360 g/mol. The summed E-state index contributed by atoms with van der Waals surface area (Å²) >= 11 is 3.12. The number of nitro benzene ring substituents is 1. The second-order valence-corrected chi connectivity index (χ2v) is 9.23. The predicted octanol–water partition coefficient (Wildman–Crippen LogP) is 4.00. The molecule has 0 saturated heterocycles. The molecule has 0 radical (unpaired) electrons. The first-order valence-electron chi connectivity index (χ1n) is 8.26. The largest absolute Gasteiger partial charge is 0.307 e. The zero-order chi connectivity index (χ0) is 16.4. The van der Waals surface area contributed by atoms with Crippen LogP contribution in [0.2, 0.25) is 0 Å². The lowest BCUT2D eigenvalue weighted by Crippen LogP contribution is -2.33. The van der Waals surface area contributed by atoms with Gasteiger partial charge in [-0.1, -0.05) is 23.5 Å². The van der Waals surface area contributed by atoms with Crippen LogP contribution in [-0.4, -0.2) is 15.2 Å². The molecule has 0 amide bonds. The molecule has 5 atom stereocenters. The number of fused-ring (bicyclic) bond motifs is 6. The number of nitrogens with one attached hydrogen (secondary N) is 1. The Balaban J connectivity index is 1.68. The van der Waals surface area contributed by atoms with Crippen molar-refractivity contribution in [3.05, 3.63) is 54.5 Å². The Bertz CT molecular complexity index is 890. The van der Waals surface area contributed by atoms with E-state index in [1.165, 1.54) is 30.6 Å². The van der Waals surface area contributed by atoms with E-state index in [0.29, 0.717) is 17.1 Å². The Morgan fingerprint density at radius 3 is 2.92 bits per heavy atom. The lowest BCUT2D eigenvalue weighted by Gasteiger charge is -2.40. The van der Waals surface area contributed by atoms with Gasteiger partial charge in [-0.05, 0) is 42.6 Å². The third-order valence-electron chi connectivity index (χ3n) is 5.91. The maximum absolute atomic E-state index is 11.9. The number of hydrogen-bond acceptors (Lipinski definition) is 5. The van der Waals surface area contributed by atoms with Crippen molar-refractivity contribution in [1.29, 1.82) is 0 Å². The molecule has 1 N–H and O–H groups in total. The SMILES string of the molecule is O=c1[nH]c2c(s1)[C@H](c1cccc([N+](=O)[O-])c1)[C@H]1[C@@H]3CC[C@H](C3)[C@@H]1S2. The van der Waals surface area contributed by atoms with Gasteiger partial charge in [0.2, 0.25) is 0 Å². The lowest BCUT2D eigenvalue weighted by atomic mass is 9.75. The minimum atomic E-state index is -0.333. The van der Waals surface area contributed by atoms with Crippen molar-refractivity contribution in [2.45, 2.75) is 35.5 Å². The van der Waals surface area contributed by atoms with E-state index in [2.05, 4.69) is 4.98 Å². The van der Waals surface area contributed by atoms with Gasteiger partial charge in [0.25, 0.3) is 5.69 Å². The standard InChI is InChI=1S/C17H16N2O3S2/c20-17-18-16-15(24-17)13(8-2-1-3-11(7-8)19(21)22)12-9-4-5-10(6-9)14(12)23-16/h1-3,7,9-10,12-14H,4-6H2,(H,18,20)/t9-,10-,12-,13-,14+/m1/s1. The van der Waals surface area contributed by atoms with E-state index in [0.717, 1.165) is 21.4 Å². The Labute approximate surface area is 146 Å². The molecule has 1 aliphatic heterocycles. The zero-order valence-electron chi connectivity index (χ0n) is 12.8. The third kappa shape index (κ3) is 2.04. The number of benzene rings is 1. The molecule has 1 aromatic heterocycles. The van der Waals surface area contributed by atoms with Gasteiger partial charge in [-0.15, -0.1) is 11.8 Å². The number of aromatic nitrogens is 1. The van der Waals surface area contributed by atoms with Crippen LogP contribution in [0.4, 0.5) is 5.69 Å². The van der Waals surface area contributed by atoms with E-state index < -0.39 is 0 Å². The van der Waals surface area contributed by atoms with Crippen LogP contribution < -0.4 is 4.87 Å². The Morgan fingerprint density at radius 2 is 2.08 bits per heavy atom. The van der Waals surface area contributed by atoms with E-state index in [4.69, 9.17) is 0 Å². The molecule has 0 spiro atoms. The molecular weight excluding hydrogens is 344 g/mol. The Morgan fingerprint density at radius 1 is 1.25 bits per heavy atom. The van der Waals surface area contributed by atoms with Gasteiger partial charge in [0, 0.05) is 28.2 Å². The minimum Gasteiger partial charge on any atom is -0.307 e. The van der Waals surface area contributed by atoms with Gasteiger partial charge in [-0.3, -0.25) is 14.9 Å². The summed E-state index contributed by atoms with van der Waals surface area (Å²) in [6, 6.07) is 7.01. The number of non-ortho nitro benzene ring substituents is 1. The number of nitrogens with zero attached hydrogens (tertiary/aromatic N) is 1. The van der Waals surface area contributed by atoms with Crippen LogP contribution in [0.5, 0.6) is 0 Å². The smallest absolute Gasteiger partial charge is 0.305 e. The summed E-state index contributed by atoms with van der Waals surface area (Å²) in [6.07, 6.45) is 3.81. The van der Waals surface area contributed by atoms with Crippen molar-refractivity contribution >= 4 is 28.8 Å². The van der Waals surface area contributed by atoms with Crippen molar-refractivity contribution in [3.63, 3.8) is 0 Å². The van der Waals surface area contributed by atoms with Gasteiger partial charge < -0.3 is 4.98 Å². The molecule has 2 fully saturated rings. The first-order chi connectivity index (χ1) is 11.6. The number of rotatable bonds is 2. The molecule has 124 valence electrons. The van der Waals surface area contributed by atoms with Crippen LogP contribution in [0.15, 0.2) is 34.1 Å². The van der Waals surface area contributed by atoms with Crippen molar-refractivity contribution in [3.8, 4) is 0 Å². The predicted molar refractivity (Wildman–Crippen MR) is 93.8 cm³/mol. The second-order valence-electron chi connectivity index (χ2n) is 7.03. The van der Waals surface area contributed by atoms with Crippen molar-refractivity contribution in [1.82, 2.24) is 4.98 Å². The molecule has 2 saturated carbocycles. The van der Waals surface area contributed by atoms with E-state index in [1.54, 1.807) is 18.2 Å². The molecule has 2 heterocycles. The van der Waals surface area contributed by atoms with Crippen LogP contribution in [0.1, 0.15) is 35.6 Å². The van der Waals surface area contributed by atoms with Gasteiger partial charge in [0.15, 0.2) is 0 Å². The normalized spacial score (nSPS) is 33.2. The Hall–Kier alpha value is -1.60. The fraction of sp³-hybridized carbons (Fsp3) is 0.471. The van der Waals surface area contributed by atoms with Gasteiger partial charge in [0.1, 0.15) is 0 Å². The summed E-state index contributed by atoms with van der Waals surface area (Å²) in [5.41, 5.74) is 1.12. The fourth-order valence-electron chi connectivity index (χ4n) is 5.05. The molecule has 2 aromatic rings. The van der Waals surface area contributed by atoms with Crippen LogP contribution in [0.25, 0.3) is 0 Å². The van der Waals surface area contributed by atoms with Crippen LogP contribution >= 0.6 is 23.1 Å². The molecule has 2 aliphatic carbocycles. The van der Waals surface area contributed by atoms with Crippen molar-refractivity contribution < 1.29 is 4.92 Å². The lowest BCUT2D eigenvalue weighted by molar-refractivity contribution is -0.384. The third-order valence-corrected chi connectivity index (χ3v) is 8.53. The maximum Gasteiger partial charge on any atom is 0.305 e. The number of aromatic amines is 1. The summed E-state index contributed by atoms with van der Waals surface area (Å²) in [5.74, 6) is 2.02. The van der Waals surface area contributed by atoms with Crippen LogP contribution in [-0.2, 0) is 0 Å². The van der Waals surface area contributed by atoms with Crippen molar-refractivity contribution in [2.24, 2.45) is 17.8 Å². The molecule has 2 bridgehead atoms. The van der Waals surface area contributed by atoms with E-state index in [9.17, 15) is 14.9 Å². The first kappa shape index (κ1) is 14.7. The summed E-state index contributed by atoms with van der Waals surface area (Å²) < 4.78 is 0. The zero-order valence-corrected chi connectivity index (χ0v) is 14.4. The summed E-state index contributed by atoms with van der Waals surface area (Å²) in [4.78, 5) is 26.9. The number of nitro groups is 1. The molecule has 5 nitrogen and oxygen atoms in total. The summed E-state index contributed by atoms with van der Waals surface area (Å²) in [5, 5.41) is 12.7. The number of H-pyrrole nitrogens is 1. The molecule has 5 rings (SSSR count). The fourth-order valence-corrected chi connectivity index (χ4v) is 7.95. The van der Waals surface area contributed by atoms with Crippen LogP contribution in [0, 0.1) is 27.9 Å². The molecule has 7 heteroatoms. The Kier molecular flexibility index (Phi) is 3.19. The highest BCUT2D eigenvalue weighted by Gasteiger charge is 2.54. The highest BCUT2D eigenvalue weighted by Crippen LogP contribution is 2.63. The number of hydrogen-bond donors (Lipinski definition) is 1. The molecule has 1 aromatic carbocycles. The minimum absolute atomic E-state index is 0.0183. The number of thioether (sulfide) groups is 1. The van der Waals surface area contributed by atoms with E-state index in [-0.39, 0.29) is 21.4 Å². The topological polar surface area (TPSA) is 76.0 Å². The van der Waals surface area contributed by atoms with E-state index >= 15 is 0 Å². The highest BCUT2D eigenvalue weighted by molar-refractivity contribution is 8.00. The number of thiazole rings is 1. The highest BCUT2D eigenvalue weighted by atomic mass is 32.2. The molecule has 3 aliphatic rings. The average molecular weight is 360 g/mol. The second kappa shape index (κ2) is 5.20. The average Bonchev–Trinajstić information content (AvgIpc) is 3.26. The first-order valence-corrected chi connectivity index (χ1v) is 9.95. The van der Waals surface area contributed by atoms with Gasteiger partial charge >= 0.3 is 4.87 Å². The molecular formula is C17H16N2O3S2. The quantitative estimate of drug-likeness (QED) is 0.649. The van der Waals surface area contributed by atoms with E-state index in [1.807, 2.05) is 17.8 Å². The van der Waals surface area contributed by atoms with Crippen LogP contribution in [0.3, 0.4) is 0 Å².